The predicted octanol–water partition coefficient (Wildman–Crippen LogP) is 6.42. The van der Waals surface area contributed by atoms with Crippen LogP contribution in [0.25, 0.3) is 0 Å². The second-order valence-corrected chi connectivity index (χ2v) is 7.96. The maximum atomic E-state index is 14.0. The molecule has 0 aliphatic heterocycles. The van der Waals surface area contributed by atoms with Gasteiger partial charge in [0.05, 0.1) is 18.9 Å². The van der Waals surface area contributed by atoms with Crippen LogP contribution in [0.2, 0.25) is 5.02 Å². The lowest BCUT2D eigenvalue weighted by atomic mass is 10.1. The zero-order valence-corrected chi connectivity index (χ0v) is 15.2. The van der Waals surface area contributed by atoms with Gasteiger partial charge in [-0.3, -0.25) is 0 Å². The average molecular weight is 397 g/mol. The Morgan fingerprint density at radius 3 is 2.48 bits per heavy atom. The summed E-state index contributed by atoms with van der Waals surface area (Å²) in [6.07, 6.45) is 0. The van der Waals surface area contributed by atoms with Crippen LogP contribution in [0, 0.1) is 12.7 Å². The molecule has 0 bridgehead atoms. The van der Waals surface area contributed by atoms with Crippen molar-refractivity contribution in [2.45, 2.75) is 17.3 Å². The number of ether oxygens (including phenoxy) is 1. The van der Waals surface area contributed by atoms with E-state index in [1.807, 2.05) is 6.92 Å². The van der Waals surface area contributed by atoms with Crippen molar-refractivity contribution in [3.63, 3.8) is 0 Å². The molecule has 2 aromatic carbocycles. The first-order valence-electron chi connectivity index (χ1n) is 6.71. The molecular weight excluding hydrogens is 383 g/mol. The molecule has 0 spiro atoms. The maximum Gasteiger partial charge on any atom is 0.213 e. The standard InChI is InChI=1S/C16H14Cl4FNO/c1-10-6-12(17)3-5-14(10)22-15-7-11(2-4-13(15)21)8-23-9-16(18,19)20/h2-7,22H,8-9H2,1H3. The van der Waals surface area contributed by atoms with Gasteiger partial charge >= 0.3 is 0 Å². The second kappa shape index (κ2) is 7.91. The summed E-state index contributed by atoms with van der Waals surface area (Å²) in [6.45, 7) is 2.05. The smallest absolute Gasteiger partial charge is 0.213 e. The molecule has 0 saturated heterocycles. The third-order valence-electron chi connectivity index (χ3n) is 3.02. The number of alkyl halides is 3. The van der Waals surface area contributed by atoms with E-state index in [0.29, 0.717) is 10.7 Å². The van der Waals surface area contributed by atoms with Crippen LogP contribution >= 0.6 is 46.4 Å². The molecule has 0 heterocycles. The highest BCUT2D eigenvalue weighted by Gasteiger charge is 2.19. The number of hydrogen-bond donors (Lipinski definition) is 1. The van der Waals surface area contributed by atoms with Crippen molar-refractivity contribution in [1.29, 1.82) is 0 Å². The first kappa shape index (κ1) is 18.6. The molecule has 2 nitrogen and oxygen atoms in total. The molecular formula is C16H14Cl4FNO. The Labute approximate surface area is 154 Å². The van der Waals surface area contributed by atoms with E-state index in [2.05, 4.69) is 5.32 Å². The van der Waals surface area contributed by atoms with Gasteiger partial charge in [-0.05, 0) is 48.4 Å². The van der Waals surface area contributed by atoms with E-state index in [-0.39, 0.29) is 19.0 Å². The number of halogens is 5. The van der Waals surface area contributed by atoms with Gasteiger partial charge in [-0.2, -0.15) is 0 Å². The van der Waals surface area contributed by atoms with Gasteiger partial charge in [-0.1, -0.05) is 52.5 Å². The highest BCUT2D eigenvalue weighted by Crippen LogP contribution is 2.28. The molecule has 124 valence electrons. The highest BCUT2D eigenvalue weighted by molar-refractivity contribution is 6.67. The molecule has 0 aliphatic carbocycles. The van der Waals surface area contributed by atoms with Crippen LogP contribution in [0.1, 0.15) is 11.1 Å². The normalized spacial score (nSPS) is 11.6. The number of anilines is 2. The molecule has 23 heavy (non-hydrogen) atoms. The lowest BCUT2D eigenvalue weighted by Crippen LogP contribution is -2.12. The molecule has 2 aromatic rings. The second-order valence-electron chi connectivity index (χ2n) is 5.01. The third kappa shape index (κ3) is 6.02. The topological polar surface area (TPSA) is 21.3 Å². The largest absolute Gasteiger partial charge is 0.372 e. The Hall–Kier alpha value is -0.710. The van der Waals surface area contributed by atoms with Crippen LogP contribution in [0.15, 0.2) is 36.4 Å². The summed E-state index contributed by atoms with van der Waals surface area (Å²) in [5.41, 5.74) is 2.78. The van der Waals surface area contributed by atoms with Crippen molar-refractivity contribution >= 4 is 57.8 Å². The molecule has 0 saturated carbocycles. The quantitative estimate of drug-likeness (QED) is 0.588. The predicted molar refractivity (Wildman–Crippen MR) is 95.8 cm³/mol. The van der Waals surface area contributed by atoms with Crippen molar-refractivity contribution in [2.24, 2.45) is 0 Å². The zero-order valence-electron chi connectivity index (χ0n) is 12.2. The number of nitrogens with one attached hydrogen (secondary N) is 1. The lowest BCUT2D eigenvalue weighted by Gasteiger charge is -2.14. The summed E-state index contributed by atoms with van der Waals surface area (Å²) in [5, 5.41) is 3.67. The van der Waals surface area contributed by atoms with Gasteiger partial charge in [0.1, 0.15) is 5.82 Å². The first-order valence-corrected chi connectivity index (χ1v) is 8.22. The lowest BCUT2D eigenvalue weighted by molar-refractivity contribution is 0.126. The van der Waals surface area contributed by atoms with Gasteiger partial charge in [0.25, 0.3) is 0 Å². The molecule has 1 N–H and O–H groups in total. The maximum absolute atomic E-state index is 14.0. The molecule has 0 atom stereocenters. The van der Waals surface area contributed by atoms with E-state index in [4.69, 9.17) is 51.1 Å². The van der Waals surface area contributed by atoms with Gasteiger partial charge in [-0.25, -0.2) is 4.39 Å². The first-order chi connectivity index (χ1) is 10.7. The molecule has 0 radical (unpaired) electrons. The van der Waals surface area contributed by atoms with Gasteiger partial charge in [-0.15, -0.1) is 0 Å². The van der Waals surface area contributed by atoms with E-state index in [0.717, 1.165) is 16.8 Å². The van der Waals surface area contributed by atoms with E-state index in [1.165, 1.54) is 6.07 Å². The van der Waals surface area contributed by atoms with E-state index in [9.17, 15) is 4.39 Å². The summed E-state index contributed by atoms with van der Waals surface area (Å²) in [6, 6.07) is 9.97. The van der Waals surface area contributed by atoms with Crippen molar-refractivity contribution in [2.75, 3.05) is 11.9 Å². The molecule has 0 aromatic heterocycles. The molecule has 0 fully saturated rings. The summed E-state index contributed by atoms with van der Waals surface area (Å²) in [7, 11) is 0. The Morgan fingerprint density at radius 2 is 1.83 bits per heavy atom. The van der Waals surface area contributed by atoms with Gasteiger partial charge in [0.2, 0.25) is 3.79 Å². The molecule has 2 rings (SSSR count). The van der Waals surface area contributed by atoms with Gasteiger partial charge < -0.3 is 10.1 Å². The molecule has 0 aliphatic rings. The van der Waals surface area contributed by atoms with Gasteiger partial charge in [0.15, 0.2) is 0 Å². The molecule has 7 heteroatoms. The number of benzene rings is 2. The Balaban J connectivity index is 2.11. The van der Waals surface area contributed by atoms with Crippen molar-refractivity contribution in [3.8, 4) is 0 Å². The third-order valence-corrected chi connectivity index (χ3v) is 3.59. The SMILES string of the molecule is Cc1cc(Cl)ccc1Nc1cc(COCC(Cl)(Cl)Cl)ccc1F. The summed E-state index contributed by atoms with van der Waals surface area (Å²) >= 11 is 22.8. The Morgan fingerprint density at radius 1 is 1.09 bits per heavy atom. The molecule has 0 amide bonds. The minimum atomic E-state index is -1.47. The van der Waals surface area contributed by atoms with Crippen molar-refractivity contribution < 1.29 is 9.13 Å². The van der Waals surface area contributed by atoms with E-state index < -0.39 is 3.79 Å². The minimum Gasteiger partial charge on any atom is -0.372 e. The van der Waals surface area contributed by atoms with Crippen LogP contribution in [-0.2, 0) is 11.3 Å². The van der Waals surface area contributed by atoms with Gasteiger partial charge in [0, 0.05) is 10.7 Å². The summed E-state index contributed by atoms with van der Waals surface area (Å²) in [5.74, 6) is -0.371. The fourth-order valence-electron chi connectivity index (χ4n) is 1.96. The van der Waals surface area contributed by atoms with E-state index >= 15 is 0 Å². The number of rotatable bonds is 5. The Bertz CT molecular complexity index is 688. The van der Waals surface area contributed by atoms with E-state index in [1.54, 1.807) is 30.3 Å². The van der Waals surface area contributed by atoms with Crippen molar-refractivity contribution in [1.82, 2.24) is 0 Å². The summed E-state index contributed by atoms with van der Waals surface area (Å²) in [4.78, 5) is 0. The fraction of sp³-hybridized carbons (Fsp3) is 0.250. The monoisotopic (exact) mass is 395 g/mol. The Kier molecular flexibility index (Phi) is 6.40. The van der Waals surface area contributed by atoms with Crippen LogP contribution in [0.3, 0.4) is 0 Å². The summed E-state index contributed by atoms with van der Waals surface area (Å²) < 4.78 is 17.8. The average Bonchev–Trinajstić information content (AvgIpc) is 2.44. The fourth-order valence-corrected chi connectivity index (χ4v) is 2.41. The van der Waals surface area contributed by atoms with Crippen LogP contribution in [0.4, 0.5) is 15.8 Å². The highest BCUT2D eigenvalue weighted by atomic mass is 35.6. The minimum absolute atomic E-state index is 0.0475. The zero-order chi connectivity index (χ0) is 17.0. The number of hydrogen-bond acceptors (Lipinski definition) is 2. The van der Waals surface area contributed by atoms with Crippen LogP contribution in [0.5, 0.6) is 0 Å². The van der Waals surface area contributed by atoms with Crippen LogP contribution in [-0.4, -0.2) is 10.4 Å². The van der Waals surface area contributed by atoms with Crippen molar-refractivity contribution in [3.05, 3.63) is 58.4 Å². The van der Waals surface area contributed by atoms with Crippen LogP contribution < -0.4 is 5.32 Å². The molecule has 0 unspecified atom stereocenters. The number of aryl methyl sites for hydroxylation is 1.